The Hall–Kier alpha value is -1.22. The Bertz CT molecular complexity index is 352. The van der Waals surface area contributed by atoms with Gasteiger partial charge >= 0.3 is 0 Å². The fraction of sp³-hybridized carbons (Fsp3) is 0.571. The Morgan fingerprint density at radius 1 is 1.41 bits per heavy atom. The number of methoxy groups -OCH3 is 1. The van der Waals surface area contributed by atoms with Crippen LogP contribution in [0.4, 0.5) is 0 Å². The second-order valence-electron chi connectivity index (χ2n) is 4.70. The van der Waals surface area contributed by atoms with Gasteiger partial charge in [0.05, 0.1) is 7.11 Å². The van der Waals surface area contributed by atoms with Crippen molar-refractivity contribution in [2.45, 2.75) is 26.8 Å². The molecule has 1 atom stereocenters. The molecule has 0 fully saturated rings. The van der Waals surface area contributed by atoms with Crippen LogP contribution in [0.1, 0.15) is 25.8 Å². The molecule has 0 aliphatic carbocycles. The maximum absolute atomic E-state index is 9.79. The first-order valence-corrected chi connectivity index (χ1v) is 6.11. The Kier molecular flexibility index (Phi) is 5.29. The number of aromatic hydroxyl groups is 1. The van der Waals surface area contributed by atoms with E-state index >= 15 is 0 Å². The molecular weight excluding hydrogens is 214 g/mol. The molecule has 3 nitrogen and oxygen atoms in total. The van der Waals surface area contributed by atoms with Gasteiger partial charge in [-0.15, -0.1) is 0 Å². The van der Waals surface area contributed by atoms with Crippen LogP contribution in [-0.2, 0) is 6.54 Å². The summed E-state index contributed by atoms with van der Waals surface area (Å²) in [6.45, 7) is 6.21. The maximum Gasteiger partial charge on any atom is 0.120 e. The smallest absolute Gasteiger partial charge is 0.120 e. The summed E-state index contributed by atoms with van der Waals surface area (Å²) in [6.07, 6.45) is 1.18. The minimum absolute atomic E-state index is 0.335. The van der Waals surface area contributed by atoms with Gasteiger partial charge in [0.2, 0.25) is 0 Å². The average Bonchev–Trinajstić information content (AvgIpc) is 2.31. The Morgan fingerprint density at radius 3 is 2.71 bits per heavy atom. The summed E-state index contributed by atoms with van der Waals surface area (Å²) in [5.74, 6) is 1.80. The van der Waals surface area contributed by atoms with Crippen molar-refractivity contribution in [2.75, 3.05) is 20.7 Å². The molecule has 0 aliphatic heterocycles. The topological polar surface area (TPSA) is 32.7 Å². The molecule has 1 rings (SSSR count). The van der Waals surface area contributed by atoms with E-state index in [1.54, 1.807) is 19.2 Å². The van der Waals surface area contributed by atoms with Crippen LogP contribution in [0.15, 0.2) is 18.2 Å². The summed E-state index contributed by atoms with van der Waals surface area (Å²) in [7, 11) is 3.71. The van der Waals surface area contributed by atoms with Gasteiger partial charge in [-0.05, 0) is 31.2 Å². The SMILES string of the molecule is CCC(C)CN(C)Cc1cc(OC)ccc1O. The zero-order valence-electron chi connectivity index (χ0n) is 11.2. The van der Waals surface area contributed by atoms with Gasteiger partial charge in [-0.2, -0.15) is 0 Å². The van der Waals surface area contributed by atoms with E-state index in [2.05, 4.69) is 25.8 Å². The van der Waals surface area contributed by atoms with E-state index in [0.29, 0.717) is 11.7 Å². The van der Waals surface area contributed by atoms with E-state index in [9.17, 15) is 5.11 Å². The van der Waals surface area contributed by atoms with E-state index in [0.717, 1.165) is 24.4 Å². The number of nitrogens with zero attached hydrogens (tertiary/aromatic N) is 1. The first-order valence-electron chi connectivity index (χ1n) is 6.11. The van der Waals surface area contributed by atoms with E-state index in [1.165, 1.54) is 6.42 Å². The molecule has 3 heteroatoms. The summed E-state index contributed by atoms with van der Waals surface area (Å²) in [5.41, 5.74) is 0.912. The number of phenols is 1. The van der Waals surface area contributed by atoms with E-state index in [1.807, 2.05) is 6.07 Å². The highest BCUT2D eigenvalue weighted by atomic mass is 16.5. The average molecular weight is 237 g/mol. The zero-order valence-corrected chi connectivity index (χ0v) is 11.2. The largest absolute Gasteiger partial charge is 0.508 e. The third-order valence-corrected chi connectivity index (χ3v) is 3.05. The van der Waals surface area contributed by atoms with Crippen LogP contribution in [-0.4, -0.2) is 30.7 Å². The van der Waals surface area contributed by atoms with Gasteiger partial charge in [0.1, 0.15) is 11.5 Å². The lowest BCUT2D eigenvalue weighted by Crippen LogP contribution is -2.23. The fourth-order valence-corrected chi connectivity index (χ4v) is 1.83. The number of rotatable bonds is 6. The molecule has 0 amide bonds. The Balaban J connectivity index is 2.66. The summed E-state index contributed by atoms with van der Waals surface area (Å²) in [5, 5.41) is 9.79. The molecule has 1 unspecified atom stereocenters. The van der Waals surface area contributed by atoms with E-state index in [-0.39, 0.29) is 0 Å². The summed E-state index contributed by atoms with van der Waals surface area (Å²) >= 11 is 0. The molecule has 0 radical (unpaired) electrons. The number of phenolic OH excluding ortho intramolecular Hbond substituents is 1. The standard InChI is InChI=1S/C14H23NO2/c1-5-11(2)9-15(3)10-12-8-13(17-4)6-7-14(12)16/h6-8,11,16H,5,9-10H2,1-4H3. The quantitative estimate of drug-likeness (QED) is 0.825. The van der Waals surface area contributed by atoms with Crippen molar-refractivity contribution in [3.05, 3.63) is 23.8 Å². The van der Waals surface area contributed by atoms with Crippen LogP contribution in [0.25, 0.3) is 0 Å². The van der Waals surface area contributed by atoms with Gasteiger partial charge in [-0.3, -0.25) is 0 Å². The third-order valence-electron chi connectivity index (χ3n) is 3.05. The van der Waals surface area contributed by atoms with Crippen LogP contribution in [0.3, 0.4) is 0 Å². The fourth-order valence-electron chi connectivity index (χ4n) is 1.83. The highest BCUT2D eigenvalue weighted by molar-refractivity contribution is 5.39. The molecule has 0 aliphatic rings. The minimum Gasteiger partial charge on any atom is -0.508 e. The van der Waals surface area contributed by atoms with Gasteiger partial charge in [0.25, 0.3) is 0 Å². The molecule has 0 bridgehead atoms. The minimum atomic E-state index is 0.335. The molecule has 0 saturated carbocycles. The predicted molar refractivity (Wildman–Crippen MR) is 70.4 cm³/mol. The van der Waals surface area contributed by atoms with Gasteiger partial charge in [0.15, 0.2) is 0 Å². The number of ether oxygens (including phenoxy) is 1. The van der Waals surface area contributed by atoms with Crippen molar-refractivity contribution < 1.29 is 9.84 Å². The molecule has 0 heterocycles. The monoisotopic (exact) mass is 237 g/mol. The molecule has 0 saturated heterocycles. The summed E-state index contributed by atoms with van der Waals surface area (Å²) < 4.78 is 5.16. The molecule has 0 spiro atoms. The van der Waals surface area contributed by atoms with Gasteiger partial charge in [-0.1, -0.05) is 20.3 Å². The summed E-state index contributed by atoms with van der Waals surface area (Å²) in [6, 6.07) is 5.35. The second kappa shape index (κ2) is 6.50. The van der Waals surface area contributed by atoms with Crippen LogP contribution < -0.4 is 4.74 Å². The molecule has 1 N–H and O–H groups in total. The molecule has 0 aromatic heterocycles. The molecule has 96 valence electrons. The number of benzene rings is 1. The van der Waals surface area contributed by atoms with E-state index in [4.69, 9.17) is 4.74 Å². The molecular formula is C14H23NO2. The van der Waals surface area contributed by atoms with Gasteiger partial charge in [0, 0.05) is 18.7 Å². The Labute approximate surface area is 104 Å². The van der Waals surface area contributed by atoms with E-state index < -0.39 is 0 Å². The number of hydrogen-bond donors (Lipinski definition) is 1. The first-order chi connectivity index (χ1) is 8.06. The van der Waals surface area contributed by atoms with Crippen molar-refractivity contribution in [3.63, 3.8) is 0 Å². The molecule has 1 aromatic rings. The van der Waals surface area contributed by atoms with Crippen LogP contribution >= 0.6 is 0 Å². The highest BCUT2D eigenvalue weighted by Gasteiger charge is 2.09. The highest BCUT2D eigenvalue weighted by Crippen LogP contribution is 2.24. The first kappa shape index (κ1) is 13.8. The third kappa shape index (κ3) is 4.27. The Morgan fingerprint density at radius 2 is 2.12 bits per heavy atom. The zero-order chi connectivity index (χ0) is 12.8. The van der Waals surface area contributed by atoms with Crippen LogP contribution in [0.2, 0.25) is 0 Å². The van der Waals surface area contributed by atoms with Crippen molar-refractivity contribution in [1.82, 2.24) is 4.90 Å². The van der Waals surface area contributed by atoms with Gasteiger partial charge < -0.3 is 14.7 Å². The van der Waals surface area contributed by atoms with Crippen molar-refractivity contribution in [2.24, 2.45) is 5.92 Å². The van der Waals surface area contributed by atoms with Crippen molar-refractivity contribution in [1.29, 1.82) is 0 Å². The summed E-state index contributed by atoms with van der Waals surface area (Å²) in [4.78, 5) is 2.22. The van der Waals surface area contributed by atoms with Gasteiger partial charge in [-0.25, -0.2) is 0 Å². The van der Waals surface area contributed by atoms with Crippen LogP contribution in [0.5, 0.6) is 11.5 Å². The molecule has 1 aromatic carbocycles. The van der Waals surface area contributed by atoms with Crippen molar-refractivity contribution >= 4 is 0 Å². The van der Waals surface area contributed by atoms with Crippen molar-refractivity contribution in [3.8, 4) is 11.5 Å². The molecule has 17 heavy (non-hydrogen) atoms. The maximum atomic E-state index is 9.79. The second-order valence-corrected chi connectivity index (χ2v) is 4.70. The lowest BCUT2D eigenvalue weighted by Gasteiger charge is -2.21. The van der Waals surface area contributed by atoms with Crippen LogP contribution in [0, 0.1) is 5.92 Å². The lowest BCUT2D eigenvalue weighted by molar-refractivity contribution is 0.271. The predicted octanol–water partition coefficient (Wildman–Crippen LogP) is 2.88. The normalized spacial score (nSPS) is 12.8. The lowest BCUT2D eigenvalue weighted by atomic mass is 10.1. The number of hydrogen-bond acceptors (Lipinski definition) is 3.